The van der Waals surface area contributed by atoms with Gasteiger partial charge in [-0.3, -0.25) is 0 Å². The molecule has 168 valence electrons. The molecule has 5 aromatic rings. The van der Waals surface area contributed by atoms with Crippen molar-refractivity contribution in [1.29, 1.82) is 0 Å². The van der Waals surface area contributed by atoms with Gasteiger partial charge in [-0.1, -0.05) is 128 Å². The second-order valence-electron chi connectivity index (χ2n) is 10.1. The molecule has 2 aliphatic heterocycles. The Morgan fingerprint density at radius 1 is 0.600 bits per heavy atom. The van der Waals surface area contributed by atoms with Crippen molar-refractivity contribution in [2.45, 2.75) is 13.1 Å². The molecule has 7 rings (SSSR count). The lowest BCUT2D eigenvalue weighted by Gasteiger charge is -2.28. The summed E-state index contributed by atoms with van der Waals surface area (Å²) in [6.45, 7) is 4.91. The van der Waals surface area contributed by atoms with Gasteiger partial charge in [0.25, 0.3) is 0 Å². The highest BCUT2D eigenvalue weighted by Gasteiger charge is 2.47. The van der Waals surface area contributed by atoms with Gasteiger partial charge in [-0.25, -0.2) is 0 Å². The molecule has 0 fully saturated rings. The largest absolute Gasteiger partial charge is 0.309 e. The minimum Gasteiger partial charge on any atom is -0.309 e. The predicted molar refractivity (Wildman–Crippen MR) is 153 cm³/mol. The molecular formula is C32H25OPSi. The van der Waals surface area contributed by atoms with Crippen molar-refractivity contribution in [3.05, 3.63) is 132 Å². The topological polar surface area (TPSA) is 17.1 Å². The maximum Gasteiger partial charge on any atom is 0.172 e. The second-order valence-corrected chi connectivity index (χ2v) is 17.0. The molecule has 35 heavy (non-hydrogen) atoms. The van der Waals surface area contributed by atoms with Gasteiger partial charge in [0.05, 0.1) is 0 Å². The van der Waals surface area contributed by atoms with Crippen molar-refractivity contribution >= 4 is 57.9 Å². The summed E-state index contributed by atoms with van der Waals surface area (Å²) in [6, 6.07) is 40.4. The van der Waals surface area contributed by atoms with Crippen LogP contribution in [0.5, 0.6) is 0 Å². The van der Waals surface area contributed by atoms with E-state index >= 15 is 4.57 Å². The minimum absolute atomic E-state index is 0.902. The lowest BCUT2D eigenvalue weighted by atomic mass is 9.95. The van der Waals surface area contributed by atoms with Crippen LogP contribution >= 0.6 is 7.14 Å². The highest BCUT2D eigenvalue weighted by atomic mass is 31.2. The summed E-state index contributed by atoms with van der Waals surface area (Å²) in [4.78, 5) is 0. The van der Waals surface area contributed by atoms with Crippen molar-refractivity contribution in [2.24, 2.45) is 0 Å². The van der Waals surface area contributed by atoms with Crippen molar-refractivity contribution in [2.75, 3.05) is 0 Å². The molecule has 0 aliphatic carbocycles. The van der Waals surface area contributed by atoms with Gasteiger partial charge in [0, 0.05) is 15.9 Å². The van der Waals surface area contributed by atoms with Gasteiger partial charge in [0.2, 0.25) is 0 Å². The van der Waals surface area contributed by atoms with E-state index in [4.69, 9.17) is 0 Å². The van der Waals surface area contributed by atoms with Gasteiger partial charge >= 0.3 is 0 Å². The fourth-order valence-corrected chi connectivity index (χ4v) is 13.2. The summed E-state index contributed by atoms with van der Waals surface area (Å²) in [5, 5.41) is 7.98. The standard InChI is InChI=1S/C32H25OPSi/c1-35(2)29-19-11-9-17-26(29)30-25-16-8-10-18-28(25)34(33,23-13-4-3-5-14-23)31-24-15-7-6-12-22(24)20-21-27(31)32(30)35/h3-21H,1-2H3. The first-order valence-corrected chi connectivity index (χ1v) is 16.9. The van der Waals surface area contributed by atoms with Crippen LogP contribution in [0.1, 0.15) is 16.7 Å². The minimum atomic E-state index is -3.18. The third-order valence-electron chi connectivity index (χ3n) is 7.86. The highest BCUT2D eigenvalue weighted by molar-refractivity contribution is 7.86. The Kier molecular flexibility index (Phi) is 4.34. The number of hydrogen-bond donors (Lipinski definition) is 0. The summed E-state index contributed by atoms with van der Waals surface area (Å²) in [7, 11) is -5.24. The van der Waals surface area contributed by atoms with E-state index in [9.17, 15) is 0 Å². The van der Waals surface area contributed by atoms with E-state index in [0.717, 1.165) is 32.2 Å². The summed E-state index contributed by atoms with van der Waals surface area (Å²) >= 11 is 0. The fourth-order valence-electron chi connectivity index (χ4n) is 6.36. The summed E-state index contributed by atoms with van der Waals surface area (Å²) in [5.41, 5.74) is 4.90. The number of rotatable bonds is 1. The maximum atomic E-state index is 15.9. The second kappa shape index (κ2) is 7.27. The molecule has 1 unspecified atom stereocenters. The Hall–Kier alpha value is -3.45. The lowest BCUT2D eigenvalue weighted by Crippen LogP contribution is -2.42. The summed E-state index contributed by atoms with van der Waals surface area (Å²) < 4.78 is 15.9. The van der Waals surface area contributed by atoms with Crippen LogP contribution in [-0.2, 0) is 4.57 Å². The molecule has 0 spiro atoms. The highest BCUT2D eigenvalue weighted by Crippen LogP contribution is 2.54. The number of benzene rings is 5. The lowest BCUT2D eigenvalue weighted by molar-refractivity contribution is 0.592. The number of hydrogen-bond acceptors (Lipinski definition) is 1. The molecule has 0 N–H and O–H groups in total. The molecule has 5 aromatic carbocycles. The van der Waals surface area contributed by atoms with Crippen molar-refractivity contribution in [3.63, 3.8) is 0 Å². The zero-order valence-electron chi connectivity index (χ0n) is 19.8. The van der Waals surface area contributed by atoms with Gasteiger partial charge in [-0.15, -0.1) is 0 Å². The Morgan fingerprint density at radius 3 is 2.09 bits per heavy atom. The smallest absolute Gasteiger partial charge is 0.172 e. The first-order chi connectivity index (χ1) is 17.0. The van der Waals surface area contributed by atoms with Crippen LogP contribution in [0.3, 0.4) is 0 Å². The van der Waals surface area contributed by atoms with Crippen molar-refractivity contribution in [3.8, 4) is 0 Å². The van der Waals surface area contributed by atoms with Gasteiger partial charge in [-0.2, -0.15) is 0 Å². The summed E-state index contributed by atoms with van der Waals surface area (Å²) in [6.07, 6.45) is 0. The molecule has 0 bridgehead atoms. The third-order valence-corrected chi connectivity index (χ3v) is 14.6. The van der Waals surface area contributed by atoms with E-state index in [1.54, 1.807) is 0 Å². The molecule has 2 heterocycles. The van der Waals surface area contributed by atoms with E-state index in [2.05, 4.69) is 104 Å². The van der Waals surface area contributed by atoms with Crippen molar-refractivity contribution in [1.82, 2.24) is 0 Å². The maximum absolute atomic E-state index is 15.9. The van der Waals surface area contributed by atoms with Crippen LogP contribution in [0.2, 0.25) is 13.1 Å². The Bertz CT molecular complexity index is 1750. The van der Waals surface area contributed by atoms with Gasteiger partial charge in [0.1, 0.15) is 8.07 Å². The average Bonchev–Trinajstić information content (AvgIpc) is 3.08. The summed E-state index contributed by atoms with van der Waals surface area (Å²) in [5.74, 6) is 0. The molecule has 1 nitrogen and oxygen atoms in total. The van der Waals surface area contributed by atoms with E-state index in [0.29, 0.717) is 0 Å². The van der Waals surface area contributed by atoms with Crippen LogP contribution < -0.4 is 21.1 Å². The Morgan fingerprint density at radius 2 is 1.26 bits per heavy atom. The van der Waals surface area contributed by atoms with Crippen LogP contribution in [0, 0.1) is 0 Å². The fraction of sp³-hybridized carbons (Fsp3) is 0.0625. The van der Waals surface area contributed by atoms with Gasteiger partial charge in [-0.05, 0) is 43.4 Å². The molecule has 0 saturated carbocycles. The quantitative estimate of drug-likeness (QED) is 0.204. The number of fused-ring (bicyclic) bond motifs is 8. The first-order valence-electron chi connectivity index (χ1n) is 12.2. The molecule has 1 atom stereocenters. The van der Waals surface area contributed by atoms with Crippen LogP contribution in [0.15, 0.2) is 115 Å². The van der Waals surface area contributed by atoms with Crippen molar-refractivity contribution < 1.29 is 4.57 Å². The van der Waals surface area contributed by atoms with E-state index in [1.165, 1.54) is 27.1 Å². The molecule has 3 heteroatoms. The van der Waals surface area contributed by atoms with E-state index in [-0.39, 0.29) is 0 Å². The zero-order valence-corrected chi connectivity index (χ0v) is 21.7. The van der Waals surface area contributed by atoms with Crippen LogP contribution in [-0.4, -0.2) is 8.07 Å². The zero-order chi connectivity index (χ0) is 23.8. The Balaban J connectivity index is 1.76. The van der Waals surface area contributed by atoms with Gasteiger partial charge < -0.3 is 4.57 Å². The van der Waals surface area contributed by atoms with E-state index < -0.39 is 15.2 Å². The van der Waals surface area contributed by atoms with Crippen LogP contribution in [0.25, 0.3) is 21.5 Å². The molecule has 0 saturated heterocycles. The normalized spacial score (nSPS) is 19.5. The molecule has 0 aromatic heterocycles. The predicted octanol–water partition coefficient (Wildman–Crippen LogP) is 6.22. The SMILES string of the molecule is C[Si]1(C)C2=C(c3ccccc31)c1ccccc1P(=O)(c1ccccc1)c1c2ccc2ccccc12. The first kappa shape index (κ1) is 20.9. The Labute approximate surface area is 207 Å². The van der Waals surface area contributed by atoms with E-state index in [1.807, 2.05) is 24.3 Å². The molecule has 2 aliphatic rings. The van der Waals surface area contributed by atoms with Crippen LogP contribution in [0.4, 0.5) is 0 Å². The average molecular weight is 485 g/mol. The molecule has 0 amide bonds. The molecule has 0 radical (unpaired) electrons. The molecular weight excluding hydrogens is 459 g/mol. The monoisotopic (exact) mass is 484 g/mol. The third kappa shape index (κ3) is 2.67. The van der Waals surface area contributed by atoms with Gasteiger partial charge in [0.15, 0.2) is 7.14 Å².